The fraction of sp³-hybridized carbons (Fsp3) is 0.300. The summed E-state index contributed by atoms with van der Waals surface area (Å²) < 4.78 is 5.27. The van der Waals surface area contributed by atoms with Gasteiger partial charge in [0.05, 0.1) is 25.3 Å². The number of anilines is 1. The van der Waals surface area contributed by atoms with Gasteiger partial charge in [-0.3, -0.25) is 9.59 Å². The zero-order valence-corrected chi connectivity index (χ0v) is 15.5. The molecule has 26 heavy (non-hydrogen) atoms. The minimum atomic E-state index is -0.275. The Balaban J connectivity index is 1.83. The van der Waals surface area contributed by atoms with E-state index in [9.17, 15) is 9.59 Å². The standard InChI is InChI=1S/C20H21ClN2O3/c1-13(24)23-10-9-14-5-3-4-6-16(14)18(23)12-20(25)22-17-11-15(21)7-8-19(17)26-2/h3-8,11,18H,9-10,12H2,1-2H3,(H,22,25)/t18-/m1/s1. The number of carbonyl (C=O) groups excluding carboxylic acids is 2. The lowest BCUT2D eigenvalue weighted by atomic mass is 9.90. The lowest BCUT2D eigenvalue weighted by Crippen LogP contribution is -2.40. The fourth-order valence-electron chi connectivity index (χ4n) is 3.40. The molecule has 6 heteroatoms. The minimum Gasteiger partial charge on any atom is -0.495 e. The summed E-state index contributed by atoms with van der Waals surface area (Å²) in [6, 6.07) is 12.7. The number of benzene rings is 2. The molecule has 1 N–H and O–H groups in total. The number of nitrogens with one attached hydrogen (secondary N) is 1. The number of hydrogen-bond donors (Lipinski definition) is 1. The van der Waals surface area contributed by atoms with Gasteiger partial charge in [0.2, 0.25) is 11.8 Å². The van der Waals surface area contributed by atoms with Crippen molar-refractivity contribution in [2.24, 2.45) is 0 Å². The maximum atomic E-state index is 12.7. The molecule has 0 saturated heterocycles. The number of rotatable bonds is 4. The molecule has 3 rings (SSSR count). The molecule has 0 spiro atoms. The molecule has 2 aromatic rings. The Morgan fingerprint density at radius 2 is 2.04 bits per heavy atom. The molecular formula is C20H21ClN2O3. The maximum absolute atomic E-state index is 12.7. The first-order chi connectivity index (χ1) is 12.5. The van der Waals surface area contributed by atoms with Gasteiger partial charge in [-0.15, -0.1) is 0 Å². The van der Waals surface area contributed by atoms with Crippen molar-refractivity contribution in [3.63, 3.8) is 0 Å². The summed E-state index contributed by atoms with van der Waals surface area (Å²) in [5.74, 6) is 0.311. The minimum absolute atomic E-state index is 0.0300. The topological polar surface area (TPSA) is 58.6 Å². The van der Waals surface area contributed by atoms with Gasteiger partial charge in [-0.1, -0.05) is 35.9 Å². The van der Waals surface area contributed by atoms with Gasteiger partial charge in [-0.2, -0.15) is 0 Å². The number of ether oxygens (including phenoxy) is 1. The highest BCUT2D eigenvalue weighted by molar-refractivity contribution is 6.31. The smallest absolute Gasteiger partial charge is 0.226 e. The maximum Gasteiger partial charge on any atom is 0.226 e. The summed E-state index contributed by atoms with van der Waals surface area (Å²) in [5.41, 5.74) is 2.73. The van der Waals surface area contributed by atoms with Crippen LogP contribution in [-0.2, 0) is 16.0 Å². The molecule has 2 amide bonds. The molecule has 2 aromatic carbocycles. The van der Waals surface area contributed by atoms with Gasteiger partial charge in [0.15, 0.2) is 0 Å². The summed E-state index contributed by atoms with van der Waals surface area (Å²) in [6.07, 6.45) is 0.974. The van der Waals surface area contributed by atoms with Gasteiger partial charge in [0, 0.05) is 18.5 Å². The highest BCUT2D eigenvalue weighted by atomic mass is 35.5. The van der Waals surface area contributed by atoms with Crippen molar-refractivity contribution in [2.75, 3.05) is 19.0 Å². The second-order valence-corrected chi connectivity index (χ2v) is 6.71. The van der Waals surface area contributed by atoms with Crippen molar-refractivity contribution < 1.29 is 14.3 Å². The van der Waals surface area contributed by atoms with Crippen molar-refractivity contribution in [3.8, 4) is 5.75 Å². The number of amides is 2. The summed E-state index contributed by atoms with van der Waals surface area (Å²) in [6.45, 7) is 2.16. The van der Waals surface area contributed by atoms with E-state index in [1.807, 2.05) is 18.2 Å². The van der Waals surface area contributed by atoms with E-state index in [1.54, 1.807) is 30.0 Å². The Hall–Kier alpha value is -2.53. The quantitative estimate of drug-likeness (QED) is 0.887. The van der Waals surface area contributed by atoms with Gasteiger partial charge in [0.1, 0.15) is 5.75 Å². The summed E-state index contributed by atoms with van der Waals surface area (Å²) in [4.78, 5) is 26.5. The van der Waals surface area contributed by atoms with Crippen LogP contribution in [0.5, 0.6) is 5.75 Å². The molecule has 1 aliphatic rings. The van der Waals surface area contributed by atoms with E-state index in [1.165, 1.54) is 12.7 Å². The van der Waals surface area contributed by atoms with Crippen LogP contribution in [0.4, 0.5) is 5.69 Å². The molecule has 0 radical (unpaired) electrons. The second-order valence-electron chi connectivity index (χ2n) is 6.27. The van der Waals surface area contributed by atoms with Crippen LogP contribution in [0.1, 0.15) is 30.5 Å². The van der Waals surface area contributed by atoms with Crippen molar-refractivity contribution >= 4 is 29.1 Å². The molecule has 1 atom stereocenters. The molecule has 0 bridgehead atoms. The lowest BCUT2D eigenvalue weighted by Gasteiger charge is -2.36. The summed E-state index contributed by atoms with van der Waals surface area (Å²) in [5, 5.41) is 3.36. The first kappa shape index (κ1) is 18.3. The van der Waals surface area contributed by atoms with Crippen LogP contribution in [0.2, 0.25) is 5.02 Å². The Morgan fingerprint density at radius 1 is 1.27 bits per heavy atom. The average Bonchev–Trinajstić information content (AvgIpc) is 2.62. The fourth-order valence-corrected chi connectivity index (χ4v) is 3.58. The van der Waals surface area contributed by atoms with Gasteiger partial charge >= 0.3 is 0 Å². The van der Waals surface area contributed by atoms with Crippen LogP contribution in [0.25, 0.3) is 0 Å². The predicted molar refractivity (Wildman–Crippen MR) is 102 cm³/mol. The van der Waals surface area contributed by atoms with Crippen LogP contribution in [0.3, 0.4) is 0 Å². The molecule has 0 fully saturated rings. The van der Waals surface area contributed by atoms with Crippen LogP contribution in [-0.4, -0.2) is 30.4 Å². The molecule has 1 heterocycles. The zero-order valence-electron chi connectivity index (χ0n) is 14.8. The van der Waals surface area contributed by atoms with E-state index in [2.05, 4.69) is 11.4 Å². The van der Waals surface area contributed by atoms with Gasteiger partial charge in [0.25, 0.3) is 0 Å². The van der Waals surface area contributed by atoms with E-state index in [0.29, 0.717) is 23.0 Å². The Kier molecular flexibility index (Phi) is 5.47. The van der Waals surface area contributed by atoms with Crippen molar-refractivity contribution in [2.45, 2.75) is 25.8 Å². The highest BCUT2D eigenvalue weighted by Gasteiger charge is 2.30. The number of carbonyl (C=O) groups is 2. The zero-order chi connectivity index (χ0) is 18.7. The SMILES string of the molecule is COc1ccc(Cl)cc1NC(=O)C[C@@H]1c2ccccc2CCN1C(C)=O. The van der Waals surface area contributed by atoms with Crippen molar-refractivity contribution in [3.05, 3.63) is 58.6 Å². The highest BCUT2D eigenvalue weighted by Crippen LogP contribution is 2.33. The van der Waals surface area contributed by atoms with Gasteiger partial charge < -0.3 is 15.0 Å². The van der Waals surface area contributed by atoms with Crippen molar-refractivity contribution in [1.29, 1.82) is 0 Å². The third-order valence-electron chi connectivity index (χ3n) is 4.63. The van der Waals surface area contributed by atoms with Crippen LogP contribution >= 0.6 is 11.6 Å². The molecular weight excluding hydrogens is 352 g/mol. The first-order valence-electron chi connectivity index (χ1n) is 8.48. The lowest BCUT2D eigenvalue weighted by molar-refractivity contribution is -0.132. The van der Waals surface area contributed by atoms with E-state index in [4.69, 9.17) is 16.3 Å². The molecule has 1 aliphatic heterocycles. The van der Waals surface area contributed by atoms with E-state index >= 15 is 0 Å². The Morgan fingerprint density at radius 3 is 2.77 bits per heavy atom. The second kappa shape index (κ2) is 7.79. The van der Waals surface area contributed by atoms with Crippen LogP contribution in [0, 0.1) is 0 Å². The summed E-state index contributed by atoms with van der Waals surface area (Å²) in [7, 11) is 1.54. The number of nitrogens with zero attached hydrogens (tertiary/aromatic N) is 1. The third-order valence-corrected chi connectivity index (χ3v) is 4.87. The monoisotopic (exact) mass is 372 g/mol. The average molecular weight is 373 g/mol. The predicted octanol–water partition coefficient (Wildman–Crippen LogP) is 3.82. The van der Waals surface area contributed by atoms with E-state index in [-0.39, 0.29) is 24.3 Å². The van der Waals surface area contributed by atoms with Crippen LogP contribution in [0.15, 0.2) is 42.5 Å². The largest absolute Gasteiger partial charge is 0.495 e. The number of fused-ring (bicyclic) bond motifs is 1. The summed E-state index contributed by atoms with van der Waals surface area (Å²) >= 11 is 6.02. The molecule has 5 nitrogen and oxygen atoms in total. The van der Waals surface area contributed by atoms with Gasteiger partial charge in [-0.05, 0) is 35.7 Å². The number of halogens is 1. The molecule has 136 valence electrons. The molecule has 0 aromatic heterocycles. The molecule has 0 aliphatic carbocycles. The first-order valence-corrected chi connectivity index (χ1v) is 8.86. The third kappa shape index (κ3) is 3.83. The molecule has 0 unspecified atom stereocenters. The molecule has 0 saturated carbocycles. The van der Waals surface area contributed by atoms with Crippen LogP contribution < -0.4 is 10.1 Å². The normalized spacial score (nSPS) is 16.0. The van der Waals surface area contributed by atoms with Crippen molar-refractivity contribution in [1.82, 2.24) is 4.90 Å². The van der Waals surface area contributed by atoms with Gasteiger partial charge in [-0.25, -0.2) is 0 Å². The Labute approximate surface area is 157 Å². The number of hydrogen-bond acceptors (Lipinski definition) is 3. The van der Waals surface area contributed by atoms with E-state index in [0.717, 1.165) is 12.0 Å². The number of methoxy groups -OCH3 is 1. The Bertz CT molecular complexity index is 838. The van der Waals surface area contributed by atoms with E-state index < -0.39 is 0 Å².